The van der Waals surface area contributed by atoms with E-state index < -0.39 is 23.6 Å². The number of halogens is 4. The van der Waals surface area contributed by atoms with Crippen molar-refractivity contribution in [2.45, 2.75) is 129 Å². The molecule has 5 aromatic carbocycles. The number of unbranched alkanes of at least 4 members (excludes halogenated alkanes) is 16. The Labute approximate surface area is 411 Å². The normalized spacial score (nSPS) is 11.4. The SMILES string of the molecule is CCCCCCCCCCCOc1ccc(N=Cc2ccc(C(=O)Oc3cc(OC(=O)c4ccc(C=Nc5ccc(OCCCCCCCCCCC)c(F)c5)cc4)c(Cl)cc3Cl)cc2)cc1F. The quantitative estimate of drug-likeness (QED) is 0.0197. The minimum Gasteiger partial charge on any atom is -0.491 e. The predicted molar refractivity (Wildman–Crippen MR) is 272 cm³/mol. The van der Waals surface area contributed by atoms with Gasteiger partial charge in [0.25, 0.3) is 0 Å². The fraction of sp³-hybridized carbons (Fsp3) is 0.393. The fourth-order valence-electron chi connectivity index (χ4n) is 7.26. The molecule has 0 bridgehead atoms. The number of benzene rings is 5. The molecular weight excluding hydrogens is 906 g/mol. The van der Waals surface area contributed by atoms with E-state index in [0.717, 1.165) is 25.7 Å². The summed E-state index contributed by atoms with van der Waals surface area (Å²) >= 11 is 12.7. The van der Waals surface area contributed by atoms with Gasteiger partial charge in [-0.1, -0.05) is 164 Å². The Morgan fingerprint density at radius 3 is 1.16 bits per heavy atom. The summed E-state index contributed by atoms with van der Waals surface area (Å²) in [5.41, 5.74) is 2.59. The summed E-state index contributed by atoms with van der Waals surface area (Å²) in [4.78, 5) is 35.0. The standard InChI is InChI=1S/C56H64Cl2F2N2O6/c1-3-5-7-9-11-13-15-17-19-33-65-51-31-29-45(35-49(51)59)61-39-41-21-25-43(26-22-41)55(63)67-53-38-54(48(58)37-47(53)57)68-56(64)44-27-23-42(24-28-44)40-62-46-30-32-52(50(60)36-46)66-34-20-18-16-14-12-10-8-6-4-2/h21-32,35-40H,3-20,33-34H2,1-2H3. The van der Waals surface area contributed by atoms with Crippen molar-refractivity contribution in [3.63, 3.8) is 0 Å². The zero-order valence-corrected chi connectivity index (χ0v) is 40.9. The molecule has 0 amide bonds. The Morgan fingerprint density at radius 2 is 0.809 bits per heavy atom. The molecule has 0 saturated heterocycles. The molecule has 0 fully saturated rings. The number of nitrogens with zero attached hydrogens (tertiary/aromatic N) is 2. The fourth-order valence-corrected chi connectivity index (χ4v) is 7.72. The highest BCUT2D eigenvalue weighted by atomic mass is 35.5. The van der Waals surface area contributed by atoms with Crippen LogP contribution >= 0.6 is 23.2 Å². The molecule has 0 spiro atoms. The van der Waals surface area contributed by atoms with Crippen molar-refractivity contribution >= 4 is 58.9 Å². The second-order valence-corrected chi connectivity index (χ2v) is 17.7. The van der Waals surface area contributed by atoms with Gasteiger partial charge in [0.2, 0.25) is 0 Å². The summed E-state index contributed by atoms with van der Waals surface area (Å²) in [5.74, 6) is -2.13. The Morgan fingerprint density at radius 1 is 0.456 bits per heavy atom. The zero-order valence-electron chi connectivity index (χ0n) is 39.4. The van der Waals surface area contributed by atoms with Gasteiger partial charge in [-0.25, -0.2) is 18.4 Å². The summed E-state index contributed by atoms with van der Waals surface area (Å²) in [7, 11) is 0. The molecule has 5 rings (SSSR count). The molecule has 362 valence electrons. The third-order valence-electron chi connectivity index (χ3n) is 11.3. The molecule has 0 atom stereocenters. The predicted octanol–water partition coefficient (Wildman–Crippen LogP) is 17.0. The molecule has 8 nitrogen and oxygen atoms in total. The average molecular weight is 970 g/mol. The molecule has 0 heterocycles. The van der Waals surface area contributed by atoms with Gasteiger partial charge in [-0.15, -0.1) is 0 Å². The van der Waals surface area contributed by atoms with Crippen molar-refractivity contribution in [2.75, 3.05) is 13.2 Å². The highest BCUT2D eigenvalue weighted by Crippen LogP contribution is 2.37. The maximum atomic E-state index is 14.7. The molecule has 5 aromatic rings. The van der Waals surface area contributed by atoms with Gasteiger partial charge in [-0.3, -0.25) is 9.98 Å². The van der Waals surface area contributed by atoms with Crippen LogP contribution in [0.2, 0.25) is 10.0 Å². The third-order valence-corrected chi connectivity index (χ3v) is 11.8. The number of ether oxygens (including phenoxy) is 4. The number of carbonyl (C=O) groups is 2. The van der Waals surface area contributed by atoms with Crippen LogP contribution in [0.3, 0.4) is 0 Å². The van der Waals surface area contributed by atoms with E-state index in [9.17, 15) is 18.4 Å². The number of carbonyl (C=O) groups excluding carboxylic acids is 2. The lowest BCUT2D eigenvalue weighted by molar-refractivity contribution is 0.0732. The van der Waals surface area contributed by atoms with Crippen LogP contribution in [0.15, 0.2) is 107 Å². The Balaban J connectivity index is 1.05. The van der Waals surface area contributed by atoms with E-state index in [2.05, 4.69) is 23.8 Å². The molecule has 0 unspecified atom stereocenters. The van der Waals surface area contributed by atoms with Gasteiger partial charge in [0, 0.05) is 30.6 Å². The van der Waals surface area contributed by atoms with E-state index in [0.29, 0.717) is 35.7 Å². The molecule has 12 heteroatoms. The van der Waals surface area contributed by atoms with Gasteiger partial charge in [0.1, 0.15) is 0 Å². The molecule has 0 aliphatic carbocycles. The van der Waals surface area contributed by atoms with E-state index in [4.69, 9.17) is 42.1 Å². The molecule has 0 aromatic heterocycles. The molecule has 0 radical (unpaired) electrons. The van der Waals surface area contributed by atoms with Crippen LogP contribution < -0.4 is 18.9 Å². The monoisotopic (exact) mass is 968 g/mol. The molecule has 0 aliphatic rings. The van der Waals surface area contributed by atoms with Crippen LogP contribution in [0.25, 0.3) is 0 Å². The number of esters is 2. The number of rotatable bonds is 30. The van der Waals surface area contributed by atoms with Crippen molar-refractivity contribution in [1.29, 1.82) is 0 Å². The van der Waals surface area contributed by atoms with E-state index in [-0.39, 0.29) is 44.2 Å². The number of hydrogen-bond acceptors (Lipinski definition) is 8. The highest BCUT2D eigenvalue weighted by Gasteiger charge is 2.18. The van der Waals surface area contributed by atoms with Crippen LogP contribution in [0, 0.1) is 11.6 Å². The number of aliphatic imine (C=N–C) groups is 2. The maximum Gasteiger partial charge on any atom is 0.343 e. The number of hydrogen-bond donors (Lipinski definition) is 0. The first-order valence-electron chi connectivity index (χ1n) is 24.2. The van der Waals surface area contributed by atoms with E-state index in [1.165, 1.54) is 114 Å². The van der Waals surface area contributed by atoms with Gasteiger partial charge in [0.05, 0.1) is 45.8 Å². The van der Waals surface area contributed by atoms with Crippen molar-refractivity contribution in [3.8, 4) is 23.0 Å². The van der Waals surface area contributed by atoms with Crippen molar-refractivity contribution in [2.24, 2.45) is 9.98 Å². The molecule has 0 N–H and O–H groups in total. The lowest BCUT2D eigenvalue weighted by Gasteiger charge is -2.11. The first kappa shape index (κ1) is 53.4. The third kappa shape index (κ3) is 18.8. The maximum absolute atomic E-state index is 14.7. The first-order valence-corrected chi connectivity index (χ1v) is 25.0. The van der Waals surface area contributed by atoms with Gasteiger partial charge < -0.3 is 18.9 Å². The Bertz CT molecular complexity index is 2230. The van der Waals surface area contributed by atoms with E-state index in [1.54, 1.807) is 85.2 Å². The zero-order chi connectivity index (χ0) is 48.4. The van der Waals surface area contributed by atoms with Crippen LogP contribution in [-0.4, -0.2) is 37.6 Å². The summed E-state index contributed by atoms with van der Waals surface area (Å²) in [6, 6.07) is 24.6. The largest absolute Gasteiger partial charge is 0.491 e. The highest BCUT2D eigenvalue weighted by molar-refractivity contribution is 6.36. The van der Waals surface area contributed by atoms with Gasteiger partial charge in [0.15, 0.2) is 34.6 Å². The average Bonchev–Trinajstić information content (AvgIpc) is 3.34. The summed E-state index contributed by atoms with van der Waals surface area (Å²) in [6.07, 6.45) is 24.7. The topological polar surface area (TPSA) is 95.8 Å². The Hall–Kier alpha value is -5.58. The second-order valence-electron chi connectivity index (χ2n) is 16.8. The van der Waals surface area contributed by atoms with Gasteiger partial charge >= 0.3 is 11.9 Å². The van der Waals surface area contributed by atoms with Crippen LogP contribution in [0.1, 0.15) is 161 Å². The lowest BCUT2D eigenvalue weighted by atomic mass is 10.1. The van der Waals surface area contributed by atoms with Gasteiger partial charge in [-0.2, -0.15) is 0 Å². The molecule has 0 saturated carbocycles. The minimum atomic E-state index is -0.719. The van der Waals surface area contributed by atoms with Crippen LogP contribution in [0.4, 0.5) is 20.2 Å². The summed E-state index contributed by atoms with van der Waals surface area (Å²) < 4.78 is 52.0. The molecule has 68 heavy (non-hydrogen) atoms. The van der Waals surface area contributed by atoms with E-state index >= 15 is 0 Å². The second kappa shape index (κ2) is 30.0. The van der Waals surface area contributed by atoms with Crippen molar-refractivity contribution in [3.05, 3.63) is 141 Å². The Kier molecular flexibility index (Phi) is 23.6. The lowest BCUT2D eigenvalue weighted by Crippen LogP contribution is -2.11. The van der Waals surface area contributed by atoms with Gasteiger partial charge in [-0.05, 0) is 78.6 Å². The molecule has 0 aliphatic heterocycles. The molecular formula is C56H64Cl2F2N2O6. The van der Waals surface area contributed by atoms with Crippen LogP contribution in [-0.2, 0) is 0 Å². The summed E-state index contributed by atoms with van der Waals surface area (Å²) in [5, 5.41) is 0.0534. The first-order chi connectivity index (χ1) is 33.1. The van der Waals surface area contributed by atoms with E-state index in [1.807, 2.05) is 0 Å². The van der Waals surface area contributed by atoms with Crippen LogP contribution in [0.5, 0.6) is 23.0 Å². The smallest absolute Gasteiger partial charge is 0.343 e. The van der Waals surface area contributed by atoms with Crippen molar-refractivity contribution < 1.29 is 37.3 Å². The summed E-state index contributed by atoms with van der Waals surface area (Å²) in [6.45, 7) is 5.38. The van der Waals surface area contributed by atoms with Crippen molar-refractivity contribution in [1.82, 2.24) is 0 Å². The minimum absolute atomic E-state index is 0.0267.